The maximum absolute atomic E-state index is 13.1. The summed E-state index contributed by atoms with van der Waals surface area (Å²) < 4.78 is 1.67. The predicted molar refractivity (Wildman–Crippen MR) is 150 cm³/mol. The van der Waals surface area contributed by atoms with Gasteiger partial charge in [0.1, 0.15) is 0 Å². The Balaban J connectivity index is 1.19. The van der Waals surface area contributed by atoms with Crippen LogP contribution in [0.15, 0.2) is 29.1 Å². The number of aryl methyl sites for hydroxylation is 1. The number of hydrogen-bond acceptors (Lipinski definition) is 4. The third kappa shape index (κ3) is 5.17. The minimum absolute atomic E-state index is 0.370. The van der Waals surface area contributed by atoms with Crippen LogP contribution in [-0.4, -0.2) is 43.7 Å². The Morgan fingerprint density at radius 3 is 2.39 bits per heavy atom. The van der Waals surface area contributed by atoms with Gasteiger partial charge in [0, 0.05) is 24.7 Å². The number of carboxylic acids is 1. The maximum atomic E-state index is 13.1. The molecule has 1 aromatic heterocycles. The summed E-state index contributed by atoms with van der Waals surface area (Å²) in [6, 6.07) is 9.12. The molecule has 1 aromatic carbocycles. The van der Waals surface area contributed by atoms with Crippen LogP contribution in [0.3, 0.4) is 0 Å². The Morgan fingerprint density at radius 1 is 0.921 bits per heavy atom. The fourth-order valence-corrected chi connectivity index (χ4v) is 9.19. The van der Waals surface area contributed by atoms with Crippen LogP contribution in [0, 0.1) is 23.7 Å². The summed E-state index contributed by atoms with van der Waals surface area (Å²) in [4.78, 5) is 31.9. The predicted octanol–water partition coefficient (Wildman–Crippen LogP) is 6.50. The molecule has 3 saturated carbocycles. The van der Waals surface area contributed by atoms with Gasteiger partial charge in [0.25, 0.3) is 5.56 Å². The van der Waals surface area contributed by atoms with E-state index in [-0.39, 0.29) is 5.69 Å². The van der Waals surface area contributed by atoms with Crippen LogP contribution >= 0.6 is 0 Å². The molecule has 4 aliphatic rings. The Bertz CT molecular complexity index is 1190. The van der Waals surface area contributed by atoms with E-state index in [9.17, 15) is 14.7 Å². The van der Waals surface area contributed by atoms with Crippen molar-refractivity contribution in [1.82, 2.24) is 14.5 Å². The van der Waals surface area contributed by atoms with Gasteiger partial charge in [0.15, 0.2) is 0 Å². The normalized spacial score (nSPS) is 32.9. The first-order valence-electron chi connectivity index (χ1n) is 15.5. The molecule has 0 unspecified atom stereocenters. The van der Waals surface area contributed by atoms with Gasteiger partial charge in [-0.3, -0.25) is 9.69 Å². The van der Waals surface area contributed by atoms with Crippen LogP contribution in [0.4, 0.5) is 0 Å². The highest BCUT2D eigenvalue weighted by Crippen LogP contribution is 2.49. The van der Waals surface area contributed by atoms with Crippen molar-refractivity contribution in [2.45, 2.75) is 121 Å². The molecule has 38 heavy (non-hydrogen) atoms. The number of carbonyl (C=O) groups is 1. The Labute approximate surface area is 226 Å². The number of piperidine rings is 1. The van der Waals surface area contributed by atoms with Crippen molar-refractivity contribution in [1.29, 1.82) is 0 Å². The van der Waals surface area contributed by atoms with Crippen LogP contribution < -0.4 is 5.56 Å². The molecular weight excluding hydrogens is 474 g/mol. The van der Waals surface area contributed by atoms with Crippen molar-refractivity contribution in [2.24, 2.45) is 23.7 Å². The van der Waals surface area contributed by atoms with Crippen molar-refractivity contribution in [3.8, 4) is 0 Å². The molecule has 1 saturated heterocycles. The lowest BCUT2D eigenvalue weighted by atomic mass is 9.61. The van der Waals surface area contributed by atoms with Gasteiger partial charge >= 0.3 is 5.97 Å². The van der Waals surface area contributed by atoms with Crippen molar-refractivity contribution in [3.63, 3.8) is 0 Å². The Morgan fingerprint density at radius 2 is 1.66 bits per heavy atom. The summed E-state index contributed by atoms with van der Waals surface area (Å²) in [6.45, 7) is 2.96. The van der Waals surface area contributed by atoms with Gasteiger partial charge in [0.2, 0.25) is 5.69 Å². The lowest BCUT2D eigenvalue weighted by Gasteiger charge is -2.52. The second kappa shape index (κ2) is 11.1. The first-order valence-corrected chi connectivity index (χ1v) is 15.5. The number of carboxylic acid groups (broad SMARTS) is 1. The molecule has 2 heterocycles. The van der Waals surface area contributed by atoms with Crippen LogP contribution in [0.1, 0.15) is 107 Å². The van der Waals surface area contributed by atoms with E-state index in [1.54, 1.807) is 10.6 Å². The highest BCUT2D eigenvalue weighted by Gasteiger charge is 2.43. The Hall–Kier alpha value is -2.21. The average Bonchev–Trinajstić information content (AvgIpc) is 2.92. The number of hydrogen-bond donors (Lipinski definition) is 1. The molecule has 0 radical (unpaired) electrons. The topological polar surface area (TPSA) is 75.4 Å². The average molecular weight is 520 g/mol. The van der Waals surface area contributed by atoms with Gasteiger partial charge < -0.3 is 9.67 Å². The molecule has 0 spiro atoms. The second-order valence-corrected chi connectivity index (χ2v) is 13.1. The van der Waals surface area contributed by atoms with E-state index in [0.29, 0.717) is 30.2 Å². The molecule has 6 atom stereocenters. The first-order chi connectivity index (χ1) is 18.5. The SMILES string of the molecule is C[C@H]1CCC[C@@H](CCn2c(=O)c(C(=O)O)nc3ccccc32)N1[C@@H]1C[C@@H]2C[C@@H](C[C@@H](C3CCCCC3)C2)C1. The standard InChI is InChI=1S/C32H45N3O3/c1-21-8-7-11-26(14-15-34-29-13-6-5-12-28(29)33-30(31(34)36)32(37)38)35(21)27-19-22-16-23(20-27)18-25(17-22)24-9-3-2-4-10-24/h5-6,12-13,21-27H,2-4,7-11,14-20H2,1H3,(H,37,38)/t21-,22-,23+,25+,26-,27-/m0/s1. The fraction of sp³-hybridized carbons (Fsp3) is 0.719. The van der Waals surface area contributed by atoms with Crippen molar-refractivity contribution >= 4 is 17.0 Å². The minimum atomic E-state index is -1.25. The molecule has 6 rings (SSSR count). The molecule has 2 bridgehead atoms. The smallest absolute Gasteiger partial charge is 0.360 e. The summed E-state index contributed by atoms with van der Waals surface area (Å²) in [5.41, 5.74) is 0.461. The fourth-order valence-electron chi connectivity index (χ4n) is 9.19. The van der Waals surface area contributed by atoms with Gasteiger partial charge in [-0.2, -0.15) is 0 Å². The number of nitrogens with zero attached hydrogens (tertiary/aromatic N) is 3. The molecule has 6 nitrogen and oxygen atoms in total. The lowest BCUT2D eigenvalue weighted by Crippen LogP contribution is -2.54. The van der Waals surface area contributed by atoms with E-state index in [1.807, 2.05) is 18.2 Å². The van der Waals surface area contributed by atoms with E-state index in [1.165, 1.54) is 83.5 Å². The van der Waals surface area contributed by atoms with Crippen LogP contribution in [0.25, 0.3) is 11.0 Å². The van der Waals surface area contributed by atoms with Crippen LogP contribution in [0.5, 0.6) is 0 Å². The number of aromatic carboxylic acids is 1. The molecule has 1 aliphatic heterocycles. The molecule has 4 fully saturated rings. The third-order valence-corrected chi connectivity index (χ3v) is 10.7. The van der Waals surface area contributed by atoms with E-state index in [2.05, 4.69) is 16.8 Å². The summed E-state index contributed by atoms with van der Waals surface area (Å²) in [7, 11) is 0. The third-order valence-electron chi connectivity index (χ3n) is 10.7. The van der Waals surface area contributed by atoms with Crippen molar-refractivity contribution < 1.29 is 9.90 Å². The zero-order chi connectivity index (χ0) is 26.2. The molecule has 206 valence electrons. The van der Waals surface area contributed by atoms with Gasteiger partial charge in [-0.15, -0.1) is 0 Å². The van der Waals surface area contributed by atoms with E-state index < -0.39 is 11.5 Å². The summed E-state index contributed by atoms with van der Waals surface area (Å²) in [5.74, 6) is 2.50. The monoisotopic (exact) mass is 519 g/mol. The highest BCUT2D eigenvalue weighted by atomic mass is 16.4. The van der Waals surface area contributed by atoms with Gasteiger partial charge in [-0.25, -0.2) is 9.78 Å². The van der Waals surface area contributed by atoms with Crippen molar-refractivity contribution in [3.05, 3.63) is 40.3 Å². The zero-order valence-corrected chi connectivity index (χ0v) is 23.1. The second-order valence-electron chi connectivity index (χ2n) is 13.1. The molecule has 0 amide bonds. The quantitative estimate of drug-likeness (QED) is 0.471. The molecule has 6 heteroatoms. The largest absolute Gasteiger partial charge is 0.476 e. The van der Waals surface area contributed by atoms with E-state index >= 15 is 0 Å². The summed E-state index contributed by atoms with van der Waals surface area (Å²) >= 11 is 0. The van der Waals surface area contributed by atoms with Crippen LogP contribution in [-0.2, 0) is 6.54 Å². The number of likely N-dealkylation sites (tertiary alicyclic amines) is 1. The van der Waals surface area contributed by atoms with Crippen LogP contribution in [0.2, 0.25) is 0 Å². The minimum Gasteiger partial charge on any atom is -0.476 e. The van der Waals surface area contributed by atoms with Gasteiger partial charge in [0.05, 0.1) is 11.0 Å². The lowest BCUT2D eigenvalue weighted by molar-refractivity contribution is -0.0245. The van der Waals surface area contributed by atoms with Gasteiger partial charge in [-0.05, 0) is 94.1 Å². The van der Waals surface area contributed by atoms with E-state index in [0.717, 1.165) is 35.6 Å². The van der Waals surface area contributed by atoms with Crippen molar-refractivity contribution in [2.75, 3.05) is 0 Å². The number of benzene rings is 1. The highest BCUT2D eigenvalue weighted by molar-refractivity contribution is 5.88. The Kier molecular flexibility index (Phi) is 7.61. The van der Waals surface area contributed by atoms with E-state index in [4.69, 9.17) is 0 Å². The number of para-hydroxylation sites is 2. The number of rotatable bonds is 6. The molecule has 1 N–H and O–H groups in total. The van der Waals surface area contributed by atoms with Gasteiger partial charge in [-0.1, -0.05) is 50.7 Å². The maximum Gasteiger partial charge on any atom is 0.360 e. The zero-order valence-electron chi connectivity index (χ0n) is 23.1. The molecule has 2 aromatic rings. The first kappa shape index (κ1) is 26.0. The molecular formula is C32H45N3O3. The molecule has 3 aliphatic carbocycles. The summed E-state index contributed by atoms with van der Waals surface area (Å²) in [6.07, 6.45) is 18.9. The number of aromatic nitrogens is 2. The number of fused-ring (bicyclic) bond motifs is 3. The summed E-state index contributed by atoms with van der Waals surface area (Å²) in [5, 5.41) is 9.61.